The van der Waals surface area contributed by atoms with Crippen molar-refractivity contribution in [1.29, 1.82) is 0 Å². The molecule has 0 radical (unpaired) electrons. The average Bonchev–Trinajstić information content (AvgIpc) is 2.87. The maximum Gasteiger partial charge on any atom is 0.325 e. The summed E-state index contributed by atoms with van der Waals surface area (Å²) in [7, 11) is 0. The lowest BCUT2D eigenvalue weighted by Gasteiger charge is -2.22. The Balaban J connectivity index is 1.70. The average molecular weight is 373 g/mol. The summed E-state index contributed by atoms with van der Waals surface area (Å²) in [5, 5.41) is 13.4. The molecule has 2 aromatic carbocycles. The van der Waals surface area contributed by atoms with Gasteiger partial charge in [-0.3, -0.25) is 19.8 Å². The Morgan fingerprint density at radius 1 is 1.19 bits per heavy atom. The van der Waals surface area contributed by atoms with Crippen LogP contribution in [-0.2, 0) is 10.3 Å². The first-order chi connectivity index (χ1) is 12.8. The minimum Gasteiger partial charge on any atom is -0.489 e. The molecule has 0 unspecified atom stereocenters. The van der Waals surface area contributed by atoms with E-state index in [9.17, 15) is 24.1 Å². The number of rotatable bonds is 6. The van der Waals surface area contributed by atoms with Gasteiger partial charge in [-0.1, -0.05) is 12.1 Å². The Hall–Kier alpha value is -3.49. The summed E-state index contributed by atoms with van der Waals surface area (Å²) in [6, 6.07) is 10.6. The Morgan fingerprint density at radius 3 is 2.48 bits per heavy atom. The number of amides is 3. The van der Waals surface area contributed by atoms with Crippen LogP contribution in [0.3, 0.4) is 0 Å². The van der Waals surface area contributed by atoms with Crippen molar-refractivity contribution < 1.29 is 23.6 Å². The van der Waals surface area contributed by atoms with E-state index in [1.165, 1.54) is 49.4 Å². The normalized spacial score (nSPS) is 19.1. The molecule has 1 atom stereocenters. The molecule has 0 aromatic heterocycles. The lowest BCUT2D eigenvalue weighted by molar-refractivity contribution is -0.384. The summed E-state index contributed by atoms with van der Waals surface area (Å²) in [4.78, 5) is 36.1. The highest BCUT2D eigenvalue weighted by Crippen LogP contribution is 2.30. The van der Waals surface area contributed by atoms with Gasteiger partial charge in [-0.05, 0) is 36.8 Å². The van der Waals surface area contributed by atoms with Crippen LogP contribution < -0.4 is 10.1 Å². The van der Waals surface area contributed by atoms with Crippen LogP contribution in [0, 0.1) is 15.9 Å². The number of benzene rings is 2. The van der Waals surface area contributed by atoms with Gasteiger partial charge in [-0.25, -0.2) is 9.18 Å². The monoisotopic (exact) mass is 373 g/mol. The smallest absolute Gasteiger partial charge is 0.325 e. The van der Waals surface area contributed by atoms with Crippen LogP contribution in [-0.4, -0.2) is 34.9 Å². The van der Waals surface area contributed by atoms with Crippen molar-refractivity contribution in [3.63, 3.8) is 0 Å². The van der Waals surface area contributed by atoms with Crippen molar-refractivity contribution in [3.05, 3.63) is 70.0 Å². The van der Waals surface area contributed by atoms with Crippen molar-refractivity contribution in [1.82, 2.24) is 10.2 Å². The van der Waals surface area contributed by atoms with Crippen molar-refractivity contribution in [2.75, 3.05) is 13.2 Å². The largest absolute Gasteiger partial charge is 0.489 e. The number of nitrogens with one attached hydrogen (secondary N) is 1. The lowest BCUT2D eigenvalue weighted by Crippen LogP contribution is -2.41. The summed E-state index contributed by atoms with van der Waals surface area (Å²) in [5.74, 6) is -1.02. The highest BCUT2D eigenvalue weighted by molar-refractivity contribution is 6.07. The predicted molar refractivity (Wildman–Crippen MR) is 92.6 cm³/mol. The number of hydrogen-bond donors (Lipinski definition) is 1. The molecule has 140 valence electrons. The Morgan fingerprint density at radius 2 is 1.85 bits per heavy atom. The highest BCUT2D eigenvalue weighted by atomic mass is 19.1. The molecule has 9 heteroatoms. The van der Waals surface area contributed by atoms with E-state index in [1.54, 1.807) is 6.07 Å². The van der Waals surface area contributed by atoms with E-state index in [0.29, 0.717) is 5.56 Å². The van der Waals surface area contributed by atoms with Gasteiger partial charge in [0.05, 0.1) is 11.5 Å². The summed E-state index contributed by atoms with van der Waals surface area (Å²) in [6.45, 7) is 1.38. The minimum absolute atomic E-state index is 0.0303. The summed E-state index contributed by atoms with van der Waals surface area (Å²) >= 11 is 0. The molecule has 1 aliphatic heterocycles. The standard InChI is InChI=1S/C18H16FN3O5/c1-18(12-6-8-13(9-7-12)22(25)26)16(23)21(17(24)20-18)10-11-27-15-5-3-2-4-14(15)19/h2-9H,10-11H2,1H3,(H,20,24)/t18-/m1/s1. The number of urea groups is 1. The van der Waals surface area contributed by atoms with Crippen LogP contribution >= 0.6 is 0 Å². The summed E-state index contributed by atoms with van der Waals surface area (Å²) in [6.07, 6.45) is 0. The van der Waals surface area contributed by atoms with Crippen LogP contribution in [0.15, 0.2) is 48.5 Å². The lowest BCUT2D eigenvalue weighted by atomic mass is 9.92. The van der Waals surface area contributed by atoms with E-state index in [0.717, 1.165) is 4.90 Å². The van der Waals surface area contributed by atoms with Gasteiger partial charge >= 0.3 is 6.03 Å². The predicted octanol–water partition coefficient (Wildman–Crippen LogP) is 2.58. The zero-order valence-electron chi connectivity index (χ0n) is 14.3. The van der Waals surface area contributed by atoms with E-state index in [2.05, 4.69) is 5.32 Å². The number of nitro benzene ring substituents is 1. The molecule has 8 nitrogen and oxygen atoms in total. The zero-order chi connectivity index (χ0) is 19.6. The molecule has 1 fully saturated rings. The van der Waals surface area contributed by atoms with Crippen molar-refractivity contribution in [2.45, 2.75) is 12.5 Å². The molecule has 3 rings (SSSR count). The Kier molecular flexibility index (Phi) is 4.76. The number of nitro groups is 1. The number of ether oxygens (including phenoxy) is 1. The first kappa shape index (κ1) is 18.3. The second-order valence-corrected chi connectivity index (χ2v) is 6.09. The maximum atomic E-state index is 13.5. The number of carbonyl (C=O) groups is 2. The van der Waals surface area contributed by atoms with Crippen molar-refractivity contribution >= 4 is 17.6 Å². The number of para-hydroxylation sites is 1. The fourth-order valence-electron chi connectivity index (χ4n) is 2.82. The third-order valence-electron chi connectivity index (χ3n) is 4.34. The van der Waals surface area contributed by atoms with Crippen LogP contribution in [0.4, 0.5) is 14.9 Å². The molecular formula is C18H16FN3O5. The topological polar surface area (TPSA) is 102 Å². The fraction of sp³-hybridized carbons (Fsp3) is 0.222. The summed E-state index contributed by atoms with van der Waals surface area (Å²) in [5.41, 5.74) is -1.04. The molecule has 0 aliphatic carbocycles. The fourth-order valence-corrected chi connectivity index (χ4v) is 2.82. The minimum atomic E-state index is -1.34. The van der Waals surface area contributed by atoms with Crippen molar-refractivity contribution in [2.24, 2.45) is 0 Å². The third kappa shape index (κ3) is 3.43. The van der Waals surface area contributed by atoms with E-state index in [1.807, 2.05) is 0 Å². The number of halogens is 1. The molecule has 0 bridgehead atoms. The molecule has 1 heterocycles. The maximum absolute atomic E-state index is 13.5. The van der Waals surface area contributed by atoms with Gasteiger partial charge in [-0.15, -0.1) is 0 Å². The number of hydrogen-bond acceptors (Lipinski definition) is 5. The SMILES string of the molecule is C[C@]1(c2ccc([N+](=O)[O-])cc2)NC(=O)N(CCOc2ccccc2F)C1=O. The van der Waals surface area contributed by atoms with E-state index < -0.39 is 28.2 Å². The van der Waals surface area contributed by atoms with E-state index in [-0.39, 0.29) is 24.6 Å². The quantitative estimate of drug-likeness (QED) is 0.476. The molecule has 0 saturated carbocycles. The second-order valence-electron chi connectivity index (χ2n) is 6.09. The van der Waals surface area contributed by atoms with Gasteiger partial charge in [-0.2, -0.15) is 0 Å². The molecule has 1 aliphatic rings. The number of non-ortho nitro benzene ring substituents is 1. The van der Waals surface area contributed by atoms with E-state index in [4.69, 9.17) is 4.74 Å². The first-order valence-corrected chi connectivity index (χ1v) is 8.09. The number of imide groups is 1. The van der Waals surface area contributed by atoms with Gasteiger partial charge in [0.2, 0.25) is 0 Å². The molecule has 1 saturated heterocycles. The Bertz CT molecular complexity index is 902. The van der Waals surface area contributed by atoms with Crippen LogP contribution in [0.1, 0.15) is 12.5 Å². The molecule has 2 aromatic rings. The highest BCUT2D eigenvalue weighted by Gasteiger charge is 2.48. The molecule has 0 spiro atoms. The van der Waals surface area contributed by atoms with Crippen LogP contribution in [0.5, 0.6) is 5.75 Å². The first-order valence-electron chi connectivity index (χ1n) is 8.09. The van der Waals surface area contributed by atoms with E-state index >= 15 is 0 Å². The van der Waals surface area contributed by atoms with Gasteiger partial charge in [0.25, 0.3) is 11.6 Å². The zero-order valence-corrected chi connectivity index (χ0v) is 14.3. The number of nitrogens with zero attached hydrogens (tertiary/aromatic N) is 2. The summed E-state index contributed by atoms with van der Waals surface area (Å²) < 4.78 is 18.8. The van der Waals surface area contributed by atoms with Gasteiger partial charge in [0, 0.05) is 12.1 Å². The van der Waals surface area contributed by atoms with Gasteiger partial charge < -0.3 is 10.1 Å². The van der Waals surface area contributed by atoms with Gasteiger partial charge in [0.15, 0.2) is 11.6 Å². The van der Waals surface area contributed by atoms with Gasteiger partial charge in [0.1, 0.15) is 12.1 Å². The van der Waals surface area contributed by atoms with Crippen LogP contribution in [0.25, 0.3) is 0 Å². The second kappa shape index (κ2) is 7.02. The molecule has 27 heavy (non-hydrogen) atoms. The van der Waals surface area contributed by atoms with Crippen LogP contribution in [0.2, 0.25) is 0 Å². The number of carbonyl (C=O) groups excluding carboxylic acids is 2. The molecule has 1 N–H and O–H groups in total. The molecular weight excluding hydrogens is 357 g/mol. The Labute approximate surface area is 153 Å². The third-order valence-corrected chi connectivity index (χ3v) is 4.34. The molecule has 3 amide bonds. The van der Waals surface area contributed by atoms with Crippen molar-refractivity contribution in [3.8, 4) is 5.75 Å².